The molecule has 0 aromatic heterocycles. The molecule has 0 aliphatic heterocycles. The maximum atomic E-state index is 6.11. The fourth-order valence-corrected chi connectivity index (χ4v) is 3.93. The van der Waals surface area contributed by atoms with Gasteiger partial charge < -0.3 is 10.5 Å². The Morgan fingerprint density at radius 2 is 2.16 bits per heavy atom. The first kappa shape index (κ1) is 13.0. The van der Waals surface area contributed by atoms with Gasteiger partial charge in [0.15, 0.2) is 0 Å². The van der Waals surface area contributed by atoms with Gasteiger partial charge >= 0.3 is 0 Å². The number of benzene rings is 1. The maximum absolute atomic E-state index is 6.11. The smallest absolute Gasteiger partial charge is 0.124 e. The standard InChI is InChI=1S/C17H25NO/c1-11-3-6-17(16(7-11)12(2)18)19-10-15-9-13-4-5-14(15)8-13/h3,6-7,12-15H,4-5,8-10,18H2,1-2H3/t12-,13?,14?,15?/m0/s1. The second-order valence-electron chi connectivity index (χ2n) is 6.58. The van der Waals surface area contributed by atoms with Gasteiger partial charge in [-0.1, -0.05) is 24.1 Å². The zero-order chi connectivity index (χ0) is 13.4. The van der Waals surface area contributed by atoms with E-state index in [2.05, 4.69) is 25.1 Å². The predicted octanol–water partition coefficient (Wildman–Crippen LogP) is 3.83. The van der Waals surface area contributed by atoms with E-state index in [4.69, 9.17) is 10.5 Å². The van der Waals surface area contributed by atoms with E-state index in [0.717, 1.165) is 35.7 Å². The van der Waals surface area contributed by atoms with E-state index in [0.29, 0.717) is 0 Å². The second-order valence-corrected chi connectivity index (χ2v) is 6.58. The molecule has 2 aliphatic rings. The highest BCUT2D eigenvalue weighted by Gasteiger charge is 2.39. The number of hydrogen-bond donors (Lipinski definition) is 1. The van der Waals surface area contributed by atoms with Crippen molar-refractivity contribution < 1.29 is 4.74 Å². The van der Waals surface area contributed by atoms with Crippen LogP contribution in [0.4, 0.5) is 0 Å². The molecule has 2 fully saturated rings. The molecule has 3 rings (SSSR count). The molecule has 2 nitrogen and oxygen atoms in total. The van der Waals surface area contributed by atoms with Gasteiger partial charge in [0.05, 0.1) is 6.61 Å². The lowest BCUT2D eigenvalue weighted by molar-refractivity contribution is 0.193. The highest BCUT2D eigenvalue weighted by atomic mass is 16.5. The quantitative estimate of drug-likeness (QED) is 0.892. The number of nitrogens with two attached hydrogens (primary N) is 1. The minimum atomic E-state index is 0.0370. The Balaban J connectivity index is 1.66. The number of fused-ring (bicyclic) bond motifs is 2. The Labute approximate surface area is 116 Å². The Morgan fingerprint density at radius 3 is 2.79 bits per heavy atom. The summed E-state index contributed by atoms with van der Waals surface area (Å²) in [6, 6.07) is 6.39. The Morgan fingerprint density at radius 1 is 1.32 bits per heavy atom. The van der Waals surface area contributed by atoms with Gasteiger partial charge in [-0.15, -0.1) is 0 Å². The molecule has 3 unspecified atom stereocenters. The monoisotopic (exact) mass is 259 g/mol. The topological polar surface area (TPSA) is 35.2 Å². The van der Waals surface area contributed by atoms with Gasteiger partial charge in [0.1, 0.15) is 5.75 Å². The van der Waals surface area contributed by atoms with Crippen LogP contribution in [0.15, 0.2) is 18.2 Å². The van der Waals surface area contributed by atoms with Crippen LogP contribution in [-0.2, 0) is 0 Å². The first-order valence-electron chi connectivity index (χ1n) is 7.62. The number of rotatable bonds is 4. The molecule has 2 N–H and O–H groups in total. The van der Waals surface area contributed by atoms with Gasteiger partial charge in [-0.05, 0) is 56.9 Å². The molecule has 0 amide bonds. The molecule has 2 aliphatic carbocycles. The molecule has 0 radical (unpaired) electrons. The van der Waals surface area contributed by atoms with Gasteiger partial charge in [0.25, 0.3) is 0 Å². The number of ether oxygens (including phenoxy) is 1. The summed E-state index contributed by atoms with van der Waals surface area (Å²) in [6.07, 6.45) is 5.70. The maximum Gasteiger partial charge on any atom is 0.124 e. The minimum Gasteiger partial charge on any atom is -0.493 e. The van der Waals surface area contributed by atoms with Gasteiger partial charge in [-0.3, -0.25) is 0 Å². The fraction of sp³-hybridized carbons (Fsp3) is 0.647. The highest BCUT2D eigenvalue weighted by molar-refractivity contribution is 5.38. The Bertz CT molecular complexity index is 455. The van der Waals surface area contributed by atoms with E-state index in [1.807, 2.05) is 6.92 Å². The fourth-order valence-electron chi connectivity index (χ4n) is 3.93. The van der Waals surface area contributed by atoms with E-state index in [1.165, 1.54) is 31.2 Å². The minimum absolute atomic E-state index is 0.0370. The molecule has 1 aromatic carbocycles. The van der Waals surface area contributed by atoms with Crippen molar-refractivity contribution in [2.75, 3.05) is 6.61 Å². The van der Waals surface area contributed by atoms with E-state index >= 15 is 0 Å². The summed E-state index contributed by atoms with van der Waals surface area (Å²) in [4.78, 5) is 0. The average Bonchev–Trinajstić information content (AvgIpc) is 2.99. The molecule has 104 valence electrons. The summed E-state index contributed by atoms with van der Waals surface area (Å²) in [5.41, 5.74) is 8.44. The van der Waals surface area contributed by atoms with E-state index in [9.17, 15) is 0 Å². The first-order chi connectivity index (χ1) is 9.13. The molecule has 19 heavy (non-hydrogen) atoms. The lowest BCUT2D eigenvalue weighted by atomic mass is 9.89. The van der Waals surface area contributed by atoms with Crippen molar-refractivity contribution in [3.05, 3.63) is 29.3 Å². The Hall–Kier alpha value is -1.02. The van der Waals surface area contributed by atoms with E-state index in [1.54, 1.807) is 0 Å². The zero-order valence-corrected chi connectivity index (χ0v) is 12.1. The largest absolute Gasteiger partial charge is 0.493 e. The molecule has 2 heteroatoms. The third-order valence-corrected chi connectivity index (χ3v) is 4.99. The van der Waals surface area contributed by atoms with Crippen LogP contribution in [0.3, 0.4) is 0 Å². The predicted molar refractivity (Wildman–Crippen MR) is 78.2 cm³/mol. The molecule has 1 aromatic rings. The van der Waals surface area contributed by atoms with Crippen molar-refractivity contribution in [1.29, 1.82) is 0 Å². The van der Waals surface area contributed by atoms with E-state index in [-0.39, 0.29) is 6.04 Å². The average molecular weight is 259 g/mol. The van der Waals surface area contributed by atoms with Gasteiger partial charge in [-0.25, -0.2) is 0 Å². The van der Waals surface area contributed by atoms with Crippen LogP contribution >= 0.6 is 0 Å². The van der Waals surface area contributed by atoms with Crippen molar-refractivity contribution in [1.82, 2.24) is 0 Å². The molecule has 2 bridgehead atoms. The first-order valence-corrected chi connectivity index (χ1v) is 7.62. The molecular formula is C17H25NO. The van der Waals surface area contributed by atoms with Crippen LogP contribution in [0.1, 0.15) is 49.8 Å². The third-order valence-electron chi connectivity index (χ3n) is 4.99. The second kappa shape index (κ2) is 5.16. The van der Waals surface area contributed by atoms with Crippen LogP contribution in [0.2, 0.25) is 0 Å². The van der Waals surface area contributed by atoms with Crippen LogP contribution in [0.5, 0.6) is 5.75 Å². The summed E-state index contributed by atoms with van der Waals surface area (Å²) >= 11 is 0. The molecule has 0 heterocycles. The number of aryl methyl sites for hydroxylation is 1. The van der Waals surface area contributed by atoms with Crippen LogP contribution in [-0.4, -0.2) is 6.61 Å². The molecule has 2 saturated carbocycles. The van der Waals surface area contributed by atoms with Crippen LogP contribution < -0.4 is 10.5 Å². The van der Waals surface area contributed by atoms with Crippen molar-refractivity contribution in [3.63, 3.8) is 0 Å². The summed E-state index contributed by atoms with van der Waals surface area (Å²) in [5, 5.41) is 0. The number of hydrogen-bond acceptors (Lipinski definition) is 2. The highest BCUT2D eigenvalue weighted by Crippen LogP contribution is 2.48. The van der Waals surface area contributed by atoms with Crippen molar-refractivity contribution in [3.8, 4) is 5.75 Å². The van der Waals surface area contributed by atoms with E-state index < -0.39 is 0 Å². The summed E-state index contributed by atoms with van der Waals surface area (Å²) in [5.74, 6) is 3.68. The SMILES string of the molecule is Cc1ccc(OCC2CC3CCC2C3)c([C@H](C)N)c1. The zero-order valence-electron chi connectivity index (χ0n) is 12.1. The van der Waals surface area contributed by atoms with Crippen molar-refractivity contribution in [2.24, 2.45) is 23.5 Å². The normalized spacial score (nSPS) is 30.6. The molecule has 0 saturated heterocycles. The van der Waals surface area contributed by atoms with Gasteiger partial charge in [0.2, 0.25) is 0 Å². The van der Waals surface area contributed by atoms with Gasteiger partial charge in [0, 0.05) is 11.6 Å². The van der Waals surface area contributed by atoms with Crippen LogP contribution in [0.25, 0.3) is 0 Å². The van der Waals surface area contributed by atoms with Crippen LogP contribution in [0, 0.1) is 24.7 Å². The Kier molecular flexibility index (Phi) is 3.53. The lowest BCUT2D eigenvalue weighted by Gasteiger charge is -2.23. The molecule has 0 spiro atoms. The summed E-state index contributed by atoms with van der Waals surface area (Å²) in [7, 11) is 0. The summed E-state index contributed by atoms with van der Waals surface area (Å²) < 4.78 is 6.11. The van der Waals surface area contributed by atoms with Gasteiger partial charge in [-0.2, -0.15) is 0 Å². The van der Waals surface area contributed by atoms with Crippen molar-refractivity contribution >= 4 is 0 Å². The third kappa shape index (κ3) is 2.64. The van der Waals surface area contributed by atoms with Crippen molar-refractivity contribution in [2.45, 2.75) is 45.6 Å². The lowest BCUT2D eigenvalue weighted by Crippen LogP contribution is -2.19. The molecular weight excluding hydrogens is 234 g/mol. The summed E-state index contributed by atoms with van der Waals surface area (Å²) in [6.45, 7) is 5.01. The molecule has 4 atom stereocenters.